The van der Waals surface area contributed by atoms with Gasteiger partial charge in [0.15, 0.2) is 0 Å². The lowest BCUT2D eigenvalue weighted by atomic mass is 10.1. The zero-order valence-electron chi connectivity index (χ0n) is 18.3. The highest BCUT2D eigenvalue weighted by molar-refractivity contribution is 9.10. The molecule has 0 spiro atoms. The number of rotatable bonds is 7. The summed E-state index contributed by atoms with van der Waals surface area (Å²) in [5.74, 6) is 1.29. The molecule has 0 saturated heterocycles. The van der Waals surface area contributed by atoms with Crippen LogP contribution >= 0.6 is 27.5 Å². The average molecular weight is 525 g/mol. The van der Waals surface area contributed by atoms with Crippen LogP contribution in [0.3, 0.4) is 0 Å². The number of benzene rings is 3. The maximum Gasteiger partial charge on any atom is 0.282 e. The highest BCUT2D eigenvalue weighted by atomic mass is 79.9. The molecule has 0 saturated carbocycles. The van der Waals surface area contributed by atoms with Crippen molar-refractivity contribution in [1.82, 2.24) is 9.66 Å². The van der Waals surface area contributed by atoms with E-state index in [1.54, 1.807) is 30.5 Å². The smallest absolute Gasteiger partial charge is 0.282 e. The van der Waals surface area contributed by atoms with E-state index in [0.29, 0.717) is 39.7 Å². The van der Waals surface area contributed by atoms with Crippen LogP contribution < -0.4 is 10.3 Å². The Balaban J connectivity index is 1.75. The standard InChI is InChI=1S/C26H23BrClN3O2/c1-3-17(2)25-30-23-11-9-20(27)14-22(23)26(32)31(25)29-15-19-13-21(28)10-12-24(19)33-16-18-7-5-4-6-8-18/h4-15,17H,3,16H2,1-2H3/t17-/m1/s1. The molecule has 4 aromatic rings. The van der Waals surface area contributed by atoms with Gasteiger partial charge in [-0.05, 0) is 48.4 Å². The SMILES string of the molecule is CC[C@@H](C)c1nc2ccc(Br)cc2c(=O)n1N=Cc1cc(Cl)ccc1OCc1ccccc1. The second-order valence-electron chi connectivity index (χ2n) is 7.76. The van der Waals surface area contributed by atoms with Crippen molar-refractivity contribution in [3.63, 3.8) is 0 Å². The summed E-state index contributed by atoms with van der Waals surface area (Å²) in [4.78, 5) is 18.1. The summed E-state index contributed by atoms with van der Waals surface area (Å²) in [6, 6.07) is 20.7. The predicted octanol–water partition coefficient (Wildman–Crippen LogP) is 6.79. The Morgan fingerprint density at radius 3 is 2.70 bits per heavy atom. The number of halogens is 2. The van der Waals surface area contributed by atoms with E-state index in [2.05, 4.69) is 28.0 Å². The first-order chi connectivity index (χ1) is 16.0. The second kappa shape index (κ2) is 10.3. The molecule has 3 aromatic carbocycles. The van der Waals surface area contributed by atoms with Crippen LogP contribution in [-0.2, 0) is 6.61 Å². The molecule has 0 N–H and O–H groups in total. The zero-order chi connectivity index (χ0) is 23.4. The van der Waals surface area contributed by atoms with Crippen molar-refractivity contribution in [2.75, 3.05) is 0 Å². The van der Waals surface area contributed by atoms with Crippen LogP contribution in [0.5, 0.6) is 5.75 Å². The Bertz CT molecular complexity index is 1370. The van der Waals surface area contributed by atoms with Crippen molar-refractivity contribution in [3.8, 4) is 5.75 Å². The van der Waals surface area contributed by atoms with Gasteiger partial charge in [-0.15, -0.1) is 0 Å². The summed E-state index contributed by atoms with van der Waals surface area (Å²) in [6.07, 6.45) is 2.43. The number of aromatic nitrogens is 2. The van der Waals surface area contributed by atoms with Gasteiger partial charge in [-0.2, -0.15) is 9.78 Å². The number of nitrogens with zero attached hydrogens (tertiary/aromatic N) is 3. The molecule has 5 nitrogen and oxygen atoms in total. The molecule has 1 aromatic heterocycles. The van der Waals surface area contributed by atoms with Crippen molar-refractivity contribution in [2.24, 2.45) is 5.10 Å². The molecule has 0 aliphatic rings. The molecule has 1 atom stereocenters. The Hall–Kier alpha value is -2.96. The summed E-state index contributed by atoms with van der Waals surface area (Å²) in [6.45, 7) is 4.50. The molecule has 4 rings (SSSR count). The highest BCUT2D eigenvalue weighted by Gasteiger charge is 2.16. The minimum atomic E-state index is -0.221. The summed E-state index contributed by atoms with van der Waals surface area (Å²) in [5.41, 5.74) is 2.16. The quantitative estimate of drug-likeness (QED) is 0.250. The number of fused-ring (bicyclic) bond motifs is 1. The van der Waals surface area contributed by atoms with Crippen LogP contribution in [0.1, 0.15) is 43.1 Å². The van der Waals surface area contributed by atoms with E-state index in [1.165, 1.54) is 4.68 Å². The highest BCUT2D eigenvalue weighted by Crippen LogP contribution is 2.24. The third-order valence-corrected chi connectivity index (χ3v) is 6.14. The van der Waals surface area contributed by atoms with Crippen molar-refractivity contribution in [1.29, 1.82) is 0 Å². The molecule has 168 valence electrons. The Kier molecular flexibility index (Phi) is 7.26. The molecule has 0 amide bonds. The first-order valence-corrected chi connectivity index (χ1v) is 11.9. The summed E-state index contributed by atoms with van der Waals surface area (Å²) < 4.78 is 8.21. The molecule has 33 heavy (non-hydrogen) atoms. The van der Waals surface area contributed by atoms with Gasteiger partial charge in [0.05, 0.1) is 17.1 Å². The van der Waals surface area contributed by atoms with E-state index in [-0.39, 0.29) is 11.5 Å². The summed E-state index contributed by atoms with van der Waals surface area (Å²) >= 11 is 9.68. The third kappa shape index (κ3) is 5.34. The Morgan fingerprint density at radius 1 is 1.15 bits per heavy atom. The molecular weight excluding hydrogens is 502 g/mol. The number of hydrogen-bond donors (Lipinski definition) is 0. The first kappa shape index (κ1) is 23.2. The van der Waals surface area contributed by atoms with Gasteiger partial charge < -0.3 is 4.74 Å². The molecular formula is C26H23BrClN3O2. The van der Waals surface area contributed by atoms with Gasteiger partial charge in [-0.1, -0.05) is 71.7 Å². The normalized spacial score (nSPS) is 12.4. The van der Waals surface area contributed by atoms with Gasteiger partial charge in [0.2, 0.25) is 0 Å². The van der Waals surface area contributed by atoms with E-state index >= 15 is 0 Å². The lowest BCUT2D eigenvalue weighted by Crippen LogP contribution is -2.23. The molecule has 0 radical (unpaired) electrons. The summed E-state index contributed by atoms with van der Waals surface area (Å²) in [5, 5.41) is 5.60. The van der Waals surface area contributed by atoms with Gasteiger partial charge in [-0.25, -0.2) is 4.98 Å². The second-order valence-corrected chi connectivity index (χ2v) is 9.11. The number of hydrogen-bond acceptors (Lipinski definition) is 4. The average Bonchev–Trinajstić information content (AvgIpc) is 2.83. The van der Waals surface area contributed by atoms with Crippen LogP contribution in [0.4, 0.5) is 0 Å². The van der Waals surface area contributed by atoms with E-state index in [0.717, 1.165) is 16.5 Å². The zero-order valence-corrected chi connectivity index (χ0v) is 20.7. The number of ether oxygens (including phenoxy) is 1. The van der Waals surface area contributed by atoms with E-state index in [1.807, 2.05) is 49.4 Å². The maximum atomic E-state index is 13.3. The maximum absolute atomic E-state index is 13.3. The van der Waals surface area contributed by atoms with Crippen LogP contribution in [0.2, 0.25) is 5.02 Å². The lowest BCUT2D eigenvalue weighted by molar-refractivity contribution is 0.306. The van der Waals surface area contributed by atoms with Gasteiger partial charge in [0.25, 0.3) is 5.56 Å². The van der Waals surface area contributed by atoms with Crippen molar-refractivity contribution in [3.05, 3.63) is 104 Å². The first-order valence-electron chi connectivity index (χ1n) is 10.7. The van der Waals surface area contributed by atoms with Crippen molar-refractivity contribution in [2.45, 2.75) is 32.8 Å². The minimum absolute atomic E-state index is 0.0519. The topological polar surface area (TPSA) is 56.5 Å². The molecule has 0 fully saturated rings. The van der Waals surface area contributed by atoms with E-state index in [9.17, 15) is 4.79 Å². The fourth-order valence-corrected chi connectivity index (χ4v) is 3.93. The molecule has 1 heterocycles. The predicted molar refractivity (Wildman–Crippen MR) is 138 cm³/mol. The van der Waals surface area contributed by atoms with Gasteiger partial charge in [0.1, 0.15) is 18.2 Å². The van der Waals surface area contributed by atoms with Crippen LogP contribution in [0.15, 0.2) is 81.1 Å². The van der Waals surface area contributed by atoms with Gasteiger partial charge in [-0.3, -0.25) is 4.79 Å². The fraction of sp³-hybridized carbons (Fsp3) is 0.192. The third-order valence-electron chi connectivity index (χ3n) is 5.41. The lowest BCUT2D eigenvalue weighted by Gasteiger charge is -2.14. The monoisotopic (exact) mass is 523 g/mol. The molecule has 0 bridgehead atoms. The molecule has 7 heteroatoms. The van der Waals surface area contributed by atoms with Gasteiger partial charge in [0, 0.05) is 21.0 Å². The molecule has 0 unspecified atom stereocenters. The summed E-state index contributed by atoms with van der Waals surface area (Å²) in [7, 11) is 0. The van der Waals surface area contributed by atoms with E-state index in [4.69, 9.17) is 21.3 Å². The van der Waals surface area contributed by atoms with Crippen molar-refractivity contribution >= 4 is 44.6 Å². The van der Waals surface area contributed by atoms with Crippen molar-refractivity contribution < 1.29 is 4.74 Å². The van der Waals surface area contributed by atoms with E-state index < -0.39 is 0 Å². The Labute approximate surface area is 205 Å². The molecule has 0 aliphatic carbocycles. The Morgan fingerprint density at radius 2 is 1.94 bits per heavy atom. The molecule has 0 aliphatic heterocycles. The minimum Gasteiger partial charge on any atom is -0.488 e. The van der Waals surface area contributed by atoms with Crippen LogP contribution in [0, 0.1) is 0 Å². The van der Waals surface area contributed by atoms with Crippen LogP contribution in [0.25, 0.3) is 10.9 Å². The van der Waals surface area contributed by atoms with Crippen LogP contribution in [-0.4, -0.2) is 15.9 Å². The largest absolute Gasteiger partial charge is 0.488 e. The van der Waals surface area contributed by atoms with Gasteiger partial charge >= 0.3 is 0 Å². The fourth-order valence-electron chi connectivity index (χ4n) is 3.39.